The number of nitrogens with one attached hydrogen (secondary N) is 1. The predicted molar refractivity (Wildman–Crippen MR) is 53.9 cm³/mol. The molecule has 1 aliphatic rings. The Morgan fingerprint density at radius 1 is 1.42 bits per heavy atom. The fourth-order valence-electron chi connectivity index (χ4n) is 1.49. The summed E-state index contributed by atoms with van der Waals surface area (Å²) in [6.45, 7) is 9.58. The Hall–Kier alpha value is 0.210. The minimum absolute atomic E-state index is 0. The molecule has 2 nitrogen and oxygen atoms in total. The molecule has 0 saturated carbocycles. The van der Waals surface area contributed by atoms with Gasteiger partial charge < -0.3 is 10.1 Å². The summed E-state index contributed by atoms with van der Waals surface area (Å²) in [5, 5.41) is 3.45. The van der Waals surface area contributed by atoms with Crippen LogP contribution in [0.2, 0.25) is 0 Å². The first-order chi connectivity index (χ1) is 5.08. The molecule has 1 N–H and O–H groups in total. The zero-order chi connectivity index (χ0) is 8.32. The van der Waals surface area contributed by atoms with Gasteiger partial charge in [0.1, 0.15) is 0 Å². The van der Waals surface area contributed by atoms with E-state index in [1.54, 1.807) is 0 Å². The number of halogens is 1. The van der Waals surface area contributed by atoms with Gasteiger partial charge in [0.2, 0.25) is 0 Å². The van der Waals surface area contributed by atoms with Gasteiger partial charge in [0.25, 0.3) is 0 Å². The van der Waals surface area contributed by atoms with Crippen LogP contribution in [0.4, 0.5) is 0 Å². The SMILES string of the molecule is CC(C)(C)CC1COCCN1.Cl. The first-order valence-corrected chi connectivity index (χ1v) is 4.39. The molecular weight excluding hydrogens is 174 g/mol. The Morgan fingerprint density at radius 3 is 2.50 bits per heavy atom. The Morgan fingerprint density at radius 2 is 2.08 bits per heavy atom. The van der Waals surface area contributed by atoms with E-state index in [9.17, 15) is 0 Å². The molecule has 1 fully saturated rings. The Balaban J connectivity index is 0.00000121. The fourth-order valence-corrected chi connectivity index (χ4v) is 1.49. The van der Waals surface area contributed by atoms with Crippen molar-refractivity contribution in [2.24, 2.45) is 5.41 Å². The lowest BCUT2D eigenvalue weighted by Gasteiger charge is -2.29. The van der Waals surface area contributed by atoms with Crippen LogP contribution in [0.5, 0.6) is 0 Å². The van der Waals surface area contributed by atoms with E-state index in [1.165, 1.54) is 6.42 Å². The van der Waals surface area contributed by atoms with Crippen molar-refractivity contribution in [1.82, 2.24) is 5.32 Å². The van der Waals surface area contributed by atoms with Crippen molar-refractivity contribution in [3.05, 3.63) is 0 Å². The van der Waals surface area contributed by atoms with E-state index in [0.717, 1.165) is 19.8 Å². The van der Waals surface area contributed by atoms with Gasteiger partial charge in [-0.3, -0.25) is 0 Å². The number of rotatable bonds is 1. The standard InChI is InChI=1S/C9H19NO.ClH/c1-9(2,3)6-8-7-11-5-4-10-8;/h8,10H,4-7H2,1-3H3;1H. The summed E-state index contributed by atoms with van der Waals surface area (Å²) < 4.78 is 5.37. The van der Waals surface area contributed by atoms with Crippen LogP contribution in [0, 0.1) is 5.41 Å². The van der Waals surface area contributed by atoms with Gasteiger partial charge in [-0.2, -0.15) is 0 Å². The number of hydrogen-bond acceptors (Lipinski definition) is 2. The van der Waals surface area contributed by atoms with Gasteiger partial charge in [-0.25, -0.2) is 0 Å². The molecule has 0 radical (unpaired) electrons. The Kier molecular flexibility index (Phi) is 5.14. The summed E-state index contributed by atoms with van der Waals surface area (Å²) in [6.07, 6.45) is 1.20. The lowest BCUT2D eigenvalue weighted by molar-refractivity contribution is 0.0628. The second-order valence-electron chi connectivity index (χ2n) is 4.49. The highest BCUT2D eigenvalue weighted by Gasteiger charge is 2.20. The molecule has 0 aliphatic carbocycles. The van der Waals surface area contributed by atoms with Crippen LogP contribution in [0.3, 0.4) is 0 Å². The van der Waals surface area contributed by atoms with Gasteiger partial charge >= 0.3 is 0 Å². The molecule has 0 aromatic heterocycles. The van der Waals surface area contributed by atoms with Gasteiger partial charge in [0.05, 0.1) is 13.2 Å². The first-order valence-electron chi connectivity index (χ1n) is 4.39. The van der Waals surface area contributed by atoms with Crippen LogP contribution in [-0.2, 0) is 4.74 Å². The lowest BCUT2D eigenvalue weighted by Crippen LogP contribution is -2.43. The van der Waals surface area contributed by atoms with Gasteiger partial charge in [-0.15, -0.1) is 12.4 Å². The van der Waals surface area contributed by atoms with E-state index in [-0.39, 0.29) is 12.4 Å². The third-order valence-electron chi connectivity index (χ3n) is 1.86. The van der Waals surface area contributed by atoms with E-state index in [4.69, 9.17) is 4.74 Å². The predicted octanol–water partition coefficient (Wildman–Crippen LogP) is 1.83. The second-order valence-corrected chi connectivity index (χ2v) is 4.49. The van der Waals surface area contributed by atoms with Crippen molar-refractivity contribution in [3.8, 4) is 0 Å². The maximum Gasteiger partial charge on any atom is 0.0620 e. The number of morpholine rings is 1. The first kappa shape index (κ1) is 12.2. The van der Waals surface area contributed by atoms with Crippen molar-refractivity contribution in [2.45, 2.75) is 33.2 Å². The van der Waals surface area contributed by atoms with Crippen LogP contribution in [0.1, 0.15) is 27.2 Å². The monoisotopic (exact) mass is 193 g/mol. The average molecular weight is 194 g/mol. The molecular formula is C9H20ClNO. The summed E-state index contributed by atoms with van der Waals surface area (Å²) in [5.41, 5.74) is 0.415. The van der Waals surface area contributed by atoms with Gasteiger partial charge in [0, 0.05) is 12.6 Å². The highest BCUT2D eigenvalue weighted by molar-refractivity contribution is 5.85. The molecule has 0 aromatic carbocycles. The fraction of sp³-hybridized carbons (Fsp3) is 1.00. The molecule has 1 rings (SSSR count). The van der Waals surface area contributed by atoms with E-state index in [1.807, 2.05) is 0 Å². The van der Waals surface area contributed by atoms with Crippen LogP contribution < -0.4 is 5.32 Å². The van der Waals surface area contributed by atoms with Crippen molar-refractivity contribution < 1.29 is 4.74 Å². The normalized spacial score (nSPS) is 24.8. The van der Waals surface area contributed by atoms with E-state index in [2.05, 4.69) is 26.1 Å². The molecule has 0 aromatic rings. The van der Waals surface area contributed by atoms with E-state index in [0.29, 0.717) is 11.5 Å². The molecule has 1 aliphatic heterocycles. The topological polar surface area (TPSA) is 21.3 Å². The highest BCUT2D eigenvalue weighted by atomic mass is 35.5. The molecule has 1 saturated heterocycles. The third-order valence-corrected chi connectivity index (χ3v) is 1.86. The smallest absolute Gasteiger partial charge is 0.0620 e. The van der Waals surface area contributed by atoms with Crippen molar-refractivity contribution >= 4 is 12.4 Å². The molecule has 1 atom stereocenters. The van der Waals surface area contributed by atoms with Crippen molar-refractivity contribution in [2.75, 3.05) is 19.8 Å². The maximum absolute atomic E-state index is 5.37. The highest BCUT2D eigenvalue weighted by Crippen LogP contribution is 2.21. The molecule has 12 heavy (non-hydrogen) atoms. The number of ether oxygens (including phenoxy) is 1. The third kappa shape index (κ3) is 4.96. The van der Waals surface area contributed by atoms with Crippen LogP contribution in [0.15, 0.2) is 0 Å². The average Bonchev–Trinajstić information content (AvgIpc) is 1.85. The summed E-state index contributed by atoms with van der Waals surface area (Å²) >= 11 is 0. The van der Waals surface area contributed by atoms with Gasteiger partial charge in [0.15, 0.2) is 0 Å². The molecule has 74 valence electrons. The maximum atomic E-state index is 5.37. The van der Waals surface area contributed by atoms with Crippen molar-refractivity contribution in [1.29, 1.82) is 0 Å². The summed E-state index contributed by atoms with van der Waals surface area (Å²) in [7, 11) is 0. The zero-order valence-electron chi connectivity index (χ0n) is 8.22. The second kappa shape index (κ2) is 5.05. The Labute approximate surface area is 81.5 Å². The minimum atomic E-state index is 0. The molecule has 0 spiro atoms. The van der Waals surface area contributed by atoms with Crippen LogP contribution in [-0.4, -0.2) is 25.8 Å². The van der Waals surface area contributed by atoms with E-state index >= 15 is 0 Å². The van der Waals surface area contributed by atoms with Crippen molar-refractivity contribution in [3.63, 3.8) is 0 Å². The lowest BCUT2D eigenvalue weighted by atomic mass is 9.88. The summed E-state index contributed by atoms with van der Waals surface area (Å²) in [6, 6.07) is 0.573. The van der Waals surface area contributed by atoms with Gasteiger partial charge in [-0.05, 0) is 11.8 Å². The minimum Gasteiger partial charge on any atom is -0.379 e. The zero-order valence-corrected chi connectivity index (χ0v) is 9.04. The van der Waals surface area contributed by atoms with E-state index < -0.39 is 0 Å². The molecule has 1 unspecified atom stereocenters. The molecule has 0 amide bonds. The molecule has 0 bridgehead atoms. The summed E-state index contributed by atoms with van der Waals surface area (Å²) in [5.74, 6) is 0. The molecule has 1 heterocycles. The summed E-state index contributed by atoms with van der Waals surface area (Å²) in [4.78, 5) is 0. The van der Waals surface area contributed by atoms with Gasteiger partial charge in [-0.1, -0.05) is 20.8 Å². The quantitative estimate of drug-likeness (QED) is 0.686. The largest absolute Gasteiger partial charge is 0.379 e. The number of hydrogen-bond donors (Lipinski definition) is 1. The molecule has 3 heteroatoms. The van der Waals surface area contributed by atoms with Crippen LogP contribution in [0.25, 0.3) is 0 Å². The van der Waals surface area contributed by atoms with Crippen LogP contribution >= 0.6 is 12.4 Å². The Bertz CT molecular complexity index is 116.